The van der Waals surface area contributed by atoms with Gasteiger partial charge in [-0.3, -0.25) is 9.89 Å². The molecule has 0 amide bonds. The van der Waals surface area contributed by atoms with Crippen molar-refractivity contribution in [2.75, 3.05) is 26.7 Å². The number of hydrogen-bond donors (Lipinski definition) is 2. The third-order valence-electron chi connectivity index (χ3n) is 5.10. The Labute approximate surface area is 173 Å². The van der Waals surface area contributed by atoms with E-state index < -0.39 is 0 Å². The molecule has 1 unspecified atom stereocenters. The summed E-state index contributed by atoms with van der Waals surface area (Å²) in [7, 11) is 1.74. The Kier molecular flexibility index (Phi) is 7.61. The number of nitrogens with one attached hydrogen (secondary N) is 2. The van der Waals surface area contributed by atoms with Crippen LogP contribution in [0.4, 0.5) is 4.39 Å². The van der Waals surface area contributed by atoms with E-state index in [1.807, 2.05) is 6.07 Å². The molecule has 29 heavy (non-hydrogen) atoms. The molecule has 0 saturated carbocycles. The highest BCUT2D eigenvalue weighted by molar-refractivity contribution is 5.79. The average Bonchev–Trinajstić information content (AvgIpc) is 2.71. The summed E-state index contributed by atoms with van der Waals surface area (Å²) in [6.45, 7) is 8.77. The van der Waals surface area contributed by atoms with Crippen molar-refractivity contribution in [1.29, 1.82) is 0 Å². The molecule has 0 radical (unpaired) electrons. The fourth-order valence-corrected chi connectivity index (χ4v) is 3.47. The zero-order chi connectivity index (χ0) is 20.6. The Bertz CT molecular complexity index is 839. The Morgan fingerprint density at radius 1 is 1.14 bits per heavy atom. The molecule has 0 aliphatic carbocycles. The molecule has 6 heteroatoms. The van der Waals surface area contributed by atoms with Crippen LogP contribution < -0.4 is 10.6 Å². The monoisotopic (exact) mass is 398 g/mol. The van der Waals surface area contributed by atoms with Crippen molar-refractivity contribution in [2.24, 2.45) is 4.99 Å². The summed E-state index contributed by atoms with van der Waals surface area (Å²) < 4.78 is 19.3. The summed E-state index contributed by atoms with van der Waals surface area (Å²) in [4.78, 5) is 6.69. The number of benzene rings is 2. The van der Waals surface area contributed by atoms with E-state index in [0.29, 0.717) is 30.7 Å². The second-order valence-corrected chi connectivity index (χ2v) is 7.60. The average molecular weight is 399 g/mol. The number of guanidine groups is 1. The van der Waals surface area contributed by atoms with Gasteiger partial charge in [0.15, 0.2) is 5.96 Å². The summed E-state index contributed by atoms with van der Waals surface area (Å²) in [5, 5.41) is 6.57. The molecule has 1 atom stereocenters. The van der Waals surface area contributed by atoms with Gasteiger partial charge >= 0.3 is 0 Å². The first-order valence-electron chi connectivity index (χ1n) is 10.1. The van der Waals surface area contributed by atoms with Crippen LogP contribution in [0.2, 0.25) is 0 Å². The number of nitrogens with zero attached hydrogens (tertiary/aromatic N) is 2. The van der Waals surface area contributed by atoms with Crippen molar-refractivity contribution in [1.82, 2.24) is 15.5 Å². The summed E-state index contributed by atoms with van der Waals surface area (Å²) in [5.74, 6) is 0.511. The van der Waals surface area contributed by atoms with Gasteiger partial charge in [0, 0.05) is 39.8 Å². The Morgan fingerprint density at radius 3 is 2.55 bits per heavy atom. The minimum absolute atomic E-state index is 0.182. The van der Waals surface area contributed by atoms with E-state index in [2.05, 4.69) is 51.7 Å². The minimum atomic E-state index is -0.182. The van der Waals surface area contributed by atoms with Crippen LogP contribution >= 0.6 is 0 Å². The van der Waals surface area contributed by atoms with Gasteiger partial charge in [-0.05, 0) is 42.2 Å². The Morgan fingerprint density at radius 2 is 1.86 bits per heavy atom. The lowest BCUT2D eigenvalue weighted by molar-refractivity contribution is -0.0212. The maximum atomic E-state index is 13.7. The predicted molar refractivity (Wildman–Crippen MR) is 115 cm³/mol. The van der Waals surface area contributed by atoms with Crippen LogP contribution in [-0.4, -0.2) is 43.7 Å². The van der Waals surface area contributed by atoms with E-state index in [4.69, 9.17) is 4.74 Å². The predicted octanol–water partition coefficient (Wildman–Crippen LogP) is 3.22. The number of ether oxygens (including phenoxy) is 1. The normalized spacial score (nSPS) is 17.9. The number of rotatable bonds is 6. The van der Waals surface area contributed by atoms with Gasteiger partial charge in [-0.1, -0.05) is 36.4 Å². The van der Waals surface area contributed by atoms with E-state index in [9.17, 15) is 4.39 Å². The van der Waals surface area contributed by atoms with Crippen molar-refractivity contribution in [2.45, 2.75) is 39.6 Å². The second kappa shape index (κ2) is 10.4. The van der Waals surface area contributed by atoms with E-state index in [1.165, 1.54) is 11.1 Å². The highest BCUT2D eigenvalue weighted by Gasteiger charge is 2.16. The van der Waals surface area contributed by atoms with Gasteiger partial charge < -0.3 is 15.4 Å². The van der Waals surface area contributed by atoms with Crippen molar-refractivity contribution in [3.63, 3.8) is 0 Å². The maximum absolute atomic E-state index is 13.7. The van der Waals surface area contributed by atoms with Gasteiger partial charge in [-0.15, -0.1) is 0 Å². The number of halogens is 1. The second-order valence-electron chi connectivity index (χ2n) is 7.60. The van der Waals surface area contributed by atoms with Gasteiger partial charge in [-0.25, -0.2) is 4.39 Å². The van der Waals surface area contributed by atoms with Gasteiger partial charge in [-0.2, -0.15) is 0 Å². The van der Waals surface area contributed by atoms with E-state index in [-0.39, 0.29) is 5.82 Å². The molecule has 1 saturated heterocycles. The van der Waals surface area contributed by atoms with Gasteiger partial charge in [0.2, 0.25) is 0 Å². The quantitative estimate of drug-likeness (QED) is 0.580. The molecule has 2 aromatic rings. The topological polar surface area (TPSA) is 48.9 Å². The third-order valence-corrected chi connectivity index (χ3v) is 5.10. The lowest BCUT2D eigenvalue weighted by Gasteiger charge is -2.31. The molecule has 2 N–H and O–H groups in total. The van der Waals surface area contributed by atoms with E-state index in [0.717, 1.165) is 31.8 Å². The van der Waals surface area contributed by atoms with Gasteiger partial charge in [0.25, 0.3) is 0 Å². The zero-order valence-electron chi connectivity index (χ0n) is 17.5. The summed E-state index contributed by atoms with van der Waals surface area (Å²) in [6, 6.07) is 13.9. The van der Waals surface area contributed by atoms with Gasteiger partial charge in [0.05, 0.1) is 12.7 Å². The van der Waals surface area contributed by atoms with Crippen LogP contribution in [0.3, 0.4) is 0 Å². The molecule has 2 aromatic carbocycles. The fourth-order valence-electron chi connectivity index (χ4n) is 3.47. The summed E-state index contributed by atoms with van der Waals surface area (Å²) >= 11 is 0. The van der Waals surface area contributed by atoms with Crippen molar-refractivity contribution >= 4 is 5.96 Å². The number of morpholine rings is 1. The highest BCUT2D eigenvalue weighted by atomic mass is 19.1. The van der Waals surface area contributed by atoms with Crippen molar-refractivity contribution < 1.29 is 9.13 Å². The molecule has 1 heterocycles. The number of aryl methyl sites for hydroxylation is 1. The molecule has 0 spiro atoms. The smallest absolute Gasteiger partial charge is 0.191 e. The highest BCUT2D eigenvalue weighted by Crippen LogP contribution is 2.12. The van der Waals surface area contributed by atoms with E-state index in [1.54, 1.807) is 26.1 Å². The third kappa shape index (κ3) is 6.54. The SMILES string of the molecule is CN=C(NCc1cccc(CN2CCOC(C)C2)c1)NCc1ccc(C)c(F)c1. The van der Waals surface area contributed by atoms with Crippen LogP contribution in [0.5, 0.6) is 0 Å². The van der Waals surface area contributed by atoms with Crippen LogP contribution in [-0.2, 0) is 24.4 Å². The van der Waals surface area contributed by atoms with Gasteiger partial charge in [0.1, 0.15) is 5.82 Å². The van der Waals surface area contributed by atoms with Crippen LogP contribution in [0.15, 0.2) is 47.5 Å². The molecule has 156 valence electrons. The number of aliphatic imine (C=N–C) groups is 1. The Balaban J connectivity index is 1.50. The molecule has 1 aliphatic rings. The minimum Gasteiger partial charge on any atom is -0.376 e. The Hall–Kier alpha value is -2.44. The largest absolute Gasteiger partial charge is 0.376 e. The fraction of sp³-hybridized carbons (Fsp3) is 0.435. The molecule has 0 aromatic heterocycles. The number of hydrogen-bond acceptors (Lipinski definition) is 3. The molecule has 0 bridgehead atoms. The first-order chi connectivity index (χ1) is 14.0. The molecule has 1 fully saturated rings. The van der Waals surface area contributed by atoms with Crippen molar-refractivity contribution in [3.8, 4) is 0 Å². The first kappa shape index (κ1) is 21.3. The lowest BCUT2D eigenvalue weighted by Crippen LogP contribution is -2.40. The molecule has 3 rings (SSSR count). The molecular formula is C23H31FN4O. The summed E-state index contributed by atoms with van der Waals surface area (Å²) in [6.07, 6.45) is 0.296. The first-order valence-corrected chi connectivity index (χ1v) is 10.1. The molecule has 5 nitrogen and oxygen atoms in total. The standard InChI is InChI=1S/C23H31FN4O/c1-17-7-8-20(12-22(17)24)14-27-23(25-3)26-13-19-5-4-6-21(11-19)16-28-9-10-29-18(2)15-28/h4-8,11-12,18H,9-10,13-16H2,1-3H3,(H2,25,26,27). The summed E-state index contributed by atoms with van der Waals surface area (Å²) in [5.41, 5.74) is 4.05. The zero-order valence-corrected chi connectivity index (χ0v) is 17.5. The van der Waals surface area contributed by atoms with Crippen LogP contribution in [0, 0.1) is 12.7 Å². The molecule has 1 aliphatic heterocycles. The van der Waals surface area contributed by atoms with Crippen LogP contribution in [0.1, 0.15) is 29.2 Å². The maximum Gasteiger partial charge on any atom is 0.191 e. The van der Waals surface area contributed by atoms with E-state index >= 15 is 0 Å². The molecular weight excluding hydrogens is 367 g/mol. The lowest BCUT2D eigenvalue weighted by atomic mass is 10.1. The van der Waals surface area contributed by atoms with Crippen LogP contribution in [0.25, 0.3) is 0 Å². The van der Waals surface area contributed by atoms with Crippen molar-refractivity contribution in [3.05, 3.63) is 70.5 Å².